The quantitative estimate of drug-likeness (QED) is 0.500. The lowest BCUT2D eigenvalue weighted by atomic mass is 9.94. The van der Waals surface area contributed by atoms with Crippen LogP contribution in [0.5, 0.6) is 0 Å². The van der Waals surface area contributed by atoms with E-state index in [1.54, 1.807) is 0 Å². The fraction of sp³-hybridized carbons (Fsp3) is 0.571. The molecule has 0 saturated carbocycles. The molecule has 0 amide bonds. The van der Waals surface area contributed by atoms with Gasteiger partial charge in [-0.25, -0.2) is 4.79 Å². The number of rotatable bonds is 2. The second kappa shape index (κ2) is 2.95. The van der Waals surface area contributed by atoms with Gasteiger partial charge in [-0.15, -0.1) is 0 Å². The maximum absolute atomic E-state index is 10.7. The lowest BCUT2D eigenvalue weighted by molar-refractivity contribution is -0.139. The van der Waals surface area contributed by atoms with E-state index in [0.29, 0.717) is 6.54 Å². The molecule has 1 fully saturated rings. The van der Waals surface area contributed by atoms with Crippen LogP contribution in [0, 0.1) is 5.92 Å². The van der Waals surface area contributed by atoms with Crippen LogP contribution in [-0.2, 0) is 14.4 Å². The first-order chi connectivity index (χ1) is 6.61. The van der Waals surface area contributed by atoms with E-state index in [1.807, 2.05) is 0 Å². The highest BCUT2D eigenvalue weighted by molar-refractivity contribution is 6.37. The maximum atomic E-state index is 10.7. The summed E-state index contributed by atoms with van der Waals surface area (Å²) < 4.78 is 0. The van der Waals surface area contributed by atoms with Crippen LogP contribution >= 0.6 is 0 Å². The fourth-order valence-electron chi connectivity index (χ4n) is 1.76. The summed E-state index contributed by atoms with van der Waals surface area (Å²) in [6, 6.07) is -0.919. The van der Waals surface area contributed by atoms with Gasteiger partial charge in [0.2, 0.25) is 0 Å². The highest BCUT2D eigenvalue weighted by Gasteiger charge is 2.50. The Hall–Kier alpha value is -1.63. The Kier molecular flexibility index (Phi) is 1.88. The van der Waals surface area contributed by atoms with Crippen molar-refractivity contribution >= 4 is 17.7 Å². The first-order valence-corrected chi connectivity index (χ1v) is 4.04. The summed E-state index contributed by atoms with van der Waals surface area (Å²) in [5.41, 5.74) is -0.215. The Morgan fingerprint density at radius 2 is 2.21 bits per heavy atom. The standard InChI is InChI=1S/C7H8N2O5/c10-6(11)4-3-2(1-8-4)14-9-5(3)7(12)13/h2-4,8H,1H2,(H,10,11)(H,12,13)/t2-,3-,4-/m0/s1. The van der Waals surface area contributed by atoms with Crippen molar-refractivity contribution in [2.45, 2.75) is 12.1 Å². The number of aliphatic carboxylic acids is 2. The van der Waals surface area contributed by atoms with E-state index in [0.717, 1.165) is 0 Å². The lowest BCUT2D eigenvalue weighted by Crippen LogP contribution is -2.41. The molecule has 0 aromatic carbocycles. The monoisotopic (exact) mass is 200 g/mol. The molecule has 3 atom stereocenters. The van der Waals surface area contributed by atoms with Gasteiger partial charge in [-0.1, -0.05) is 5.16 Å². The molecule has 2 aliphatic heterocycles. The molecular weight excluding hydrogens is 192 g/mol. The summed E-state index contributed by atoms with van der Waals surface area (Å²) in [5.74, 6) is -3.01. The van der Waals surface area contributed by atoms with Crippen LogP contribution in [0.2, 0.25) is 0 Å². The molecule has 0 radical (unpaired) electrons. The van der Waals surface area contributed by atoms with Crippen molar-refractivity contribution in [1.29, 1.82) is 0 Å². The van der Waals surface area contributed by atoms with Gasteiger partial charge >= 0.3 is 11.9 Å². The van der Waals surface area contributed by atoms with E-state index in [1.165, 1.54) is 0 Å². The Morgan fingerprint density at radius 3 is 2.79 bits per heavy atom. The molecule has 1 saturated heterocycles. The first kappa shape index (κ1) is 8.95. The number of hydrogen-bond acceptors (Lipinski definition) is 5. The zero-order valence-corrected chi connectivity index (χ0v) is 7.01. The van der Waals surface area contributed by atoms with Gasteiger partial charge in [0.15, 0.2) is 11.8 Å². The van der Waals surface area contributed by atoms with Gasteiger partial charge in [-0.3, -0.25) is 10.1 Å². The molecule has 14 heavy (non-hydrogen) atoms. The number of fused-ring (bicyclic) bond motifs is 1. The van der Waals surface area contributed by atoms with Crippen molar-refractivity contribution < 1.29 is 24.6 Å². The van der Waals surface area contributed by atoms with Crippen LogP contribution in [0.3, 0.4) is 0 Å². The van der Waals surface area contributed by atoms with Crippen LogP contribution in [-0.4, -0.2) is 46.6 Å². The number of nitrogens with zero attached hydrogens (tertiary/aromatic N) is 1. The molecule has 0 aromatic rings. The molecule has 2 heterocycles. The van der Waals surface area contributed by atoms with E-state index in [-0.39, 0.29) is 5.71 Å². The molecule has 3 N–H and O–H groups in total. The van der Waals surface area contributed by atoms with E-state index >= 15 is 0 Å². The minimum absolute atomic E-state index is 0.215. The summed E-state index contributed by atoms with van der Waals surface area (Å²) >= 11 is 0. The summed E-state index contributed by atoms with van der Waals surface area (Å²) in [6.07, 6.45) is -0.470. The Labute approximate surface area is 78.3 Å². The summed E-state index contributed by atoms with van der Waals surface area (Å²) in [5, 5.41) is 23.6. The maximum Gasteiger partial charge on any atom is 0.354 e. The largest absolute Gasteiger partial charge is 0.480 e. The van der Waals surface area contributed by atoms with Crippen LogP contribution in [0.25, 0.3) is 0 Å². The predicted molar refractivity (Wildman–Crippen MR) is 42.9 cm³/mol. The van der Waals surface area contributed by atoms with Crippen molar-refractivity contribution in [1.82, 2.24) is 5.32 Å². The van der Waals surface area contributed by atoms with Crippen LogP contribution in [0.4, 0.5) is 0 Å². The van der Waals surface area contributed by atoms with Gasteiger partial charge in [0.05, 0.1) is 5.92 Å². The molecule has 0 aromatic heterocycles. The highest BCUT2D eigenvalue weighted by Crippen LogP contribution is 2.27. The van der Waals surface area contributed by atoms with Crippen molar-refractivity contribution in [2.24, 2.45) is 11.1 Å². The van der Waals surface area contributed by atoms with Crippen molar-refractivity contribution in [2.75, 3.05) is 6.54 Å². The fourth-order valence-corrected chi connectivity index (χ4v) is 1.76. The van der Waals surface area contributed by atoms with E-state index in [2.05, 4.69) is 10.5 Å². The number of hydrogen-bond donors (Lipinski definition) is 3. The normalized spacial score (nSPS) is 34.6. The minimum atomic E-state index is -1.23. The van der Waals surface area contributed by atoms with Gasteiger partial charge in [0.25, 0.3) is 0 Å². The Bertz CT molecular complexity index is 326. The van der Waals surface area contributed by atoms with Crippen molar-refractivity contribution in [3.05, 3.63) is 0 Å². The number of carboxylic acids is 2. The highest BCUT2D eigenvalue weighted by atomic mass is 16.6. The van der Waals surface area contributed by atoms with Gasteiger partial charge in [0, 0.05) is 6.54 Å². The second-order valence-electron chi connectivity index (χ2n) is 3.18. The number of oxime groups is 1. The minimum Gasteiger partial charge on any atom is -0.480 e. The second-order valence-corrected chi connectivity index (χ2v) is 3.18. The van der Waals surface area contributed by atoms with E-state index in [9.17, 15) is 9.59 Å². The van der Waals surface area contributed by atoms with Crippen LogP contribution in [0.1, 0.15) is 0 Å². The van der Waals surface area contributed by atoms with E-state index < -0.39 is 30.0 Å². The number of nitrogens with one attached hydrogen (secondary N) is 1. The summed E-state index contributed by atoms with van der Waals surface area (Å²) in [6.45, 7) is 0.307. The average molecular weight is 200 g/mol. The molecule has 0 spiro atoms. The zero-order valence-electron chi connectivity index (χ0n) is 7.01. The molecule has 0 aliphatic carbocycles. The Balaban J connectivity index is 2.25. The average Bonchev–Trinajstić information content (AvgIpc) is 2.59. The smallest absolute Gasteiger partial charge is 0.354 e. The molecule has 0 unspecified atom stereocenters. The van der Waals surface area contributed by atoms with Gasteiger partial charge < -0.3 is 15.1 Å². The number of carboxylic acid groups (broad SMARTS) is 2. The van der Waals surface area contributed by atoms with Crippen LogP contribution in [0.15, 0.2) is 5.16 Å². The van der Waals surface area contributed by atoms with E-state index in [4.69, 9.17) is 15.1 Å². The van der Waals surface area contributed by atoms with Crippen LogP contribution < -0.4 is 5.32 Å². The van der Waals surface area contributed by atoms with Crippen molar-refractivity contribution in [3.63, 3.8) is 0 Å². The van der Waals surface area contributed by atoms with Gasteiger partial charge in [-0.2, -0.15) is 0 Å². The molecular formula is C7H8N2O5. The molecule has 7 heteroatoms. The molecule has 76 valence electrons. The topological polar surface area (TPSA) is 108 Å². The Morgan fingerprint density at radius 1 is 1.50 bits per heavy atom. The molecule has 2 rings (SSSR count). The molecule has 0 bridgehead atoms. The summed E-state index contributed by atoms with van der Waals surface area (Å²) in [7, 11) is 0. The predicted octanol–water partition coefficient (Wildman–Crippen LogP) is -1.50. The third-order valence-electron chi connectivity index (χ3n) is 2.39. The molecule has 7 nitrogen and oxygen atoms in total. The number of carbonyl (C=O) groups is 2. The van der Waals surface area contributed by atoms with Crippen molar-refractivity contribution in [3.8, 4) is 0 Å². The summed E-state index contributed by atoms with van der Waals surface area (Å²) in [4.78, 5) is 26.2. The third kappa shape index (κ3) is 1.13. The van der Waals surface area contributed by atoms with Gasteiger partial charge in [-0.05, 0) is 0 Å². The first-order valence-electron chi connectivity index (χ1n) is 4.04. The third-order valence-corrected chi connectivity index (χ3v) is 2.39. The lowest BCUT2D eigenvalue weighted by Gasteiger charge is -2.11. The zero-order chi connectivity index (χ0) is 10.3. The van der Waals surface area contributed by atoms with Gasteiger partial charge in [0.1, 0.15) is 6.04 Å². The molecule has 2 aliphatic rings. The SMILES string of the molecule is O=C(O)C1=NO[C@H]2CN[C@H](C(=O)O)[C@@H]12.